The standard InChI is InChI=1S/C34H36BN2O2/c1-23-13-15-25(16-14-23)32(29-22-26-21-27(35-2)17-18-31(26)36-33(29)39-5)34(38,19-20-37(3)4)30-12-8-10-24-9-6-7-11-28(24)30/h6-18,21-22,32,38H,19-20H2,1-5H3. The second-order valence-electron chi connectivity index (χ2n) is 10.7. The molecule has 39 heavy (non-hydrogen) atoms. The van der Waals surface area contributed by atoms with Crippen LogP contribution < -0.4 is 10.2 Å². The lowest BCUT2D eigenvalue weighted by molar-refractivity contribution is 0.00520. The molecule has 5 heteroatoms. The quantitative estimate of drug-likeness (QED) is 0.243. The van der Waals surface area contributed by atoms with Crippen LogP contribution >= 0.6 is 0 Å². The van der Waals surface area contributed by atoms with Gasteiger partial charge < -0.3 is 14.7 Å². The number of nitrogens with zero attached hydrogens (tertiary/aromatic N) is 2. The maximum Gasteiger partial charge on any atom is 0.217 e. The molecular weight excluding hydrogens is 479 g/mol. The average molecular weight is 515 g/mol. The number of hydrogen-bond donors (Lipinski definition) is 1. The lowest BCUT2D eigenvalue weighted by Gasteiger charge is -2.39. The Morgan fingerprint density at radius 2 is 1.67 bits per heavy atom. The van der Waals surface area contributed by atoms with E-state index in [4.69, 9.17) is 9.72 Å². The molecule has 5 aromatic rings. The largest absolute Gasteiger partial charge is 0.481 e. The number of hydrogen-bond acceptors (Lipinski definition) is 4. The van der Waals surface area contributed by atoms with Gasteiger partial charge in [-0.25, -0.2) is 4.98 Å². The van der Waals surface area contributed by atoms with Gasteiger partial charge in [0.05, 0.1) is 12.6 Å². The Hall–Kier alpha value is -3.67. The number of methoxy groups -OCH3 is 1. The van der Waals surface area contributed by atoms with Crippen molar-refractivity contribution >= 4 is 34.4 Å². The SMILES string of the molecule is C[B]c1ccc2nc(OC)c(C(c3ccc(C)cc3)C(O)(CCN(C)C)c3cccc4ccccc34)cc2c1. The molecule has 0 saturated heterocycles. The van der Waals surface area contributed by atoms with Crippen molar-refractivity contribution in [1.82, 2.24) is 9.88 Å². The van der Waals surface area contributed by atoms with Crippen LogP contribution in [0.5, 0.6) is 5.88 Å². The van der Waals surface area contributed by atoms with Crippen molar-refractivity contribution in [3.8, 4) is 5.88 Å². The van der Waals surface area contributed by atoms with Crippen LogP contribution in [-0.2, 0) is 5.60 Å². The van der Waals surface area contributed by atoms with E-state index in [1.165, 1.54) is 5.56 Å². The molecule has 197 valence electrons. The normalized spacial score (nSPS) is 13.9. The number of aryl methyl sites for hydroxylation is 1. The molecule has 0 saturated carbocycles. The van der Waals surface area contributed by atoms with Crippen LogP contribution in [0, 0.1) is 6.92 Å². The minimum atomic E-state index is -1.25. The highest BCUT2D eigenvalue weighted by molar-refractivity contribution is 6.52. The molecule has 1 N–H and O–H groups in total. The van der Waals surface area contributed by atoms with Crippen molar-refractivity contribution in [1.29, 1.82) is 0 Å². The molecule has 4 nitrogen and oxygen atoms in total. The topological polar surface area (TPSA) is 45.6 Å². The molecule has 0 amide bonds. The van der Waals surface area contributed by atoms with Gasteiger partial charge in [0.2, 0.25) is 5.88 Å². The number of ether oxygens (including phenoxy) is 1. The van der Waals surface area contributed by atoms with Crippen molar-refractivity contribution in [2.45, 2.75) is 31.7 Å². The maximum absolute atomic E-state index is 13.1. The number of aliphatic hydroxyl groups is 1. The summed E-state index contributed by atoms with van der Waals surface area (Å²) in [7, 11) is 7.84. The number of aromatic nitrogens is 1. The van der Waals surface area contributed by atoms with E-state index in [1.807, 2.05) is 45.2 Å². The van der Waals surface area contributed by atoms with Crippen molar-refractivity contribution < 1.29 is 9.84 Å². The second-order valence-corrected chi connectivity index (χ2v) is 10.7. The molecule has 0 aliphatic carbocycles. The van der Waals surface area contributed by atoms with E-state index in [0.29, 0.717) is 18.8 Å². The highest BCUT2D eigenvalue weighted by Crippen LogP contribution is 2.49. The third kappa shape index (κ3) is 5.30. The van der Waals surface area contributed by atoms with Crippen LogP contribution in [0.3, 0.4) is 0 Å². The molecule has 5 rings (SSSR count). The molecule has 4 aromatic carbocycles. The first kappa shape index (κ1) is 26.9. The molecule has 2 unspecified atom stereocenters. The Balaban J connectivity index is 1.84. The summed E-state index contributed by atoms with van der Waals surface area (Å²) in [5, 5.41) is 16.3. The Kier molecular flexibility index (Phi) is 7.74. The molecule has 0 spiro atoms. The van der Waals surface area contributed by atoms with Gasteiger partial charge in [-0.3, -0.25) is 0 Å². The van der Waals surface area contributed by atoms with E-state index in [-0.39, 0.29) is 0 Å². The zero-order valence-corrected chi connectivity index (χ0v) is 23.5. The highest BCUT2D eigenvalue weighted by Gasteiger charge is 2.43. The van der Waals surface area contributed by atoms with Gasteiger partial charge in [0.1, 0.15) is 12.9 Å². The molecule has 1 aromatic heterocycles. The summed E-state index contributed by atoms with van der Waals surface area (Å²) in [6.45, 7) is 4.83. The van der Waals surface area contributed by atoms with Gasteiger partial charge in [0.15, 0.2) is 0 Å². The monoisotopic (exact) mass is 515 g/mol. The zero-order valence-electron chi connectivity index (χ0n) is 23.5. The number of fused-ring (bicyclic) bond motifs is 2. The third-order valence-electron chi connectivity index (χ3n) is 7.75. The van der Waals surface area contributed by atoms with E-state index in [1.54, 1.807) is 7.11 Å². The minimum absolute atomic E-state index is 0.426. The molecule has 0 bridgehead atoms. The van der Waals surface area contributed by atoms with Crippen LogP contribution in [-0.4, -0.2) is 50.0 Å². The average Bonchev–Trinajstić information content (AvgIpc) is 2.96. The van der Waals surface area contributed by atoms with Crippen molar-refractivity contribution in [2.75, 3.05) is 27.7 Å². The predicted molar refractivity (Wildman–Crippen MR) is 164 cm³/mol. The van der Waals surface area contributed by atoms with Crippen molar-refractivity contribution in [3.05, 3.63) is 113 Å². The summed E-state index contributed by atoms with van der Waals surface area (Å²) in [5.41, 5.74) is 4.72. The first-order valence-corrected chi connectivity index (χ1v) is 13.5. The summed E-state index contributed by atoms with van der Waals surface area (Å²) in [6, 6.07) is 31.4. The number of benzene rings is 4. The minimum Gasteiger partial charge on any atom is -0.481 e. The predicted octanol–water partition coefficient (Wildman–Crippen LogP) is 6.05. The van der Waals surface area contributed by atoms with Gasteiger partial charge in [-0.15, -0.1) is 0 Å². The first-order chi connectivity index (χ1) is 18.8. The second kappa shape index (κ2) is 11.2. The van der Waals surface area contributed by atoms with E-state index in [2.05, 4.69) is 85.8 Å². The van der Waals surface area contributed by atoms with Crippen LogP contribution in [0.1, 0.15) is 34.6 Å². The van der Waals surface area contributed by atoms with Gasteiger partial charge >= 0.3 is 0 Å². The Labute approximate surface area is 232 Å². The smallest absolute Gasteiger partial charge is 0.217 e. The van der Waals surface area contributed by atoms with Gasteiger partial charge in [-0.1, -0.05) is 96.7 Å². The molecule has 2 atom stereocenters. The van der Waals surface area contributed by atoms with Crippen LogP contribution in [0.4, 0.5) is 0 Å². The lowest BCUT2D eigenvalue weighted by Crippen LogP contribution is -2.38. The molecule has 0 aliphatic rings. The summed E-state index contributed by atoms with van der Waals surface area (Å²) in [6.07, 6.45) is 0.524. The fraction of sp³-hybridized carbons (Fsp3) is 0.265. The molecule has 1 heterocycles. The first-order valence-electron chi connectivity index (χ1n) is 13.5. The summed E-state index contributed by atoms with van der Waals surface area (Å²) < 4.78 is 5.94. The summed E-state index contributed by atoms with van der Waals surface area (Å²) >= 11 is 0. The summed E-state index contributed by atoms with van der Waals surface area (Å²) in [5.74, 6) is 0.106. The van der Waals surface area contributed by atoms with Crippen molar-refractivity contribution in [2.24, 2.45) is 0 Å². The van der Waals surface area contributed by atoms with Crippen LogP contribution in [0.15, 0.2) is 91.0 Å². The number of rotatable bonds is 9. The van der Waals surface area contributed by atoms with E-state index in [9.17, 15) is 5.11 Å². The van der Waals surface area contributed by atoms with Crippen LogP contribution in [0.2, 0.25) is 6.82 Å². The fourth-order valence-electron chi connectivity index (χ4n) is 5.65. The zero-order chi connectivity index (χ0) is 27.6. The summed E-state index contributed by atoms with van der Waals surface area (Å²) in [4.78, 5) is 7.07. The van der Waals surface area contributed by atoms with Gasteiger partial charge in [-0.2, -0.15) is 0 Å². The van der Waals surface area contributed by atoms with E-state index >= 15 is 0 Å². The van der Waals surface area contributed by atoms with E-state index < -0.39 is 11.5 Å². The Morgan fingerprint density at radius 3 is 2.38 bits per heavy atom. The lowest BCUT2D eigenvalue weighted by atomic mass is 9.70. The van der Waals surface area contributed by atoms with Crippen molar-refractivity contribution in [3.63, 3.8) is 0 Å². The number of pyridine rings is 1. The molecular formula is C34H36BN2O2. The third-order valence-corrected chi connectivity index (χ3v) is 7.75. The molecule has 0 fully saturated rings. The molecule has 1 radical (unpaired) electrons. The van der Waals surface area contributed by atoms with Gasteiger partial charge in [-0.05, 0) is 61.5 Å². The maximum atomic E-state index is 13.1. The van der Waals surface area contributed by atoms with Gasteiger partial charge in [0, 0.05) is 23.4 Å². The Morgan fingerprint density at radius 1 is 0.923 bits per heavy atom. The Bertz CT molecular complexity index is 1590. The van der Waals surface area contributed by atoms with Gasteiger partial charge in [0.25, 0.3) is 0 Å². The van der Waals surface area contributed by atoms with E-state index in [0.717, 1.165) is 43.8 Å². The highest BCUT2D eigenvalue weighted by atomic mass is 16.5. The van der Waals surface area contributed by atoms with Crippen LogP contribution in [0.25, 0.3) is 21.7 Å². The fourth-order valence-corrected chi connectivity index (χ4v) is 5.65. The molecule has 0 aliphatic heterocycles.